The van der Waals surface area contributed by atoms with Gasteiger partial charge in [0.2, 0.25) is 0 Å². The second kappa shape index (κ2) is 9.16. The number of rotatable bonds is 5. The number of pyridine rings is 1. The molecule has 0 radical (unpaired) electrons. The van der Waals surface area contributed by atoms with Crippen molar-refractivity contribution < 1.29 is 18.7 Å². The van der Waals surface area contributed by atoms with E-state index in [0.717, 1.165) is 18.5 Å². The van der Waals surface area contributed by atoms with Crippen LogP contribution < -0.4 is 10.6 Å². The van der Waals surface area contributed by atoms with Crippen molar-refractivity contribution in [3.63, 3.8) is 0 Å². The molecule has 0 spiro atoms. The van der Waals surface area contributed by atoms with Gasteiger partial charge in [-0.1, -0.05) is 6.07 Å². The fourth-order valence-electron chi connectivity index (χ4n) is 3.03. The molecule has 1 aliphatic rings. The summed E-state index contributed by atoms with van der Waals surface area (Å²) in [5.41, 5.74) is 1.07. The van der Waals surface area contributed by atoms with E-state index in [9.17, 15) is 14.0 Å². The Bertz CT molecular complexity index is 820. The van der Waals surface area contributed by atoms with E-state index in [1.165, 1.54) is 24.3 Å². The number of carbonyl (C=O) groups excluding carboxylic acids is 2. The highest BCUT2D eigenvalue weighted by Crippen LogP contribution is 2.18. The van der Waals surface area contributed by atoms with Crippen LogP contribution in [0.15, 0.2) is 42.6 Å². The number of anilines is 2. The zero-order valence-electron chi connectivity index (χ0n) is 15.7. The molecule has 2 amide bonds. The number of hydrogen-bond acceptors (Lipinski definition) is 5. The van der Waals surface area contributed by atoms with Crippen molar-refractivity contribution >= 4 is 23.5 Å². The molecule has 8 heteroatoms. The monoisotopic (exact) mass is 386 g/mol. The maximum absolute atomic E-state index is 13.2. The molecule has 2 N–H and O–H groups in total. The summed E-state index contributed by atoms with van der Waals surface area (Å²) in [6, 6.07) is 9.23. The summed E-state index contributed by atoms with van der Waals surface area (Å²) < 4.78 is 18.2. The molecule has 1 aliphatic heterocycles. The van der Waals surface area contributed by atoms with Crippen LogP contribution in [0.5, 0.6) is 0 Å². The molecule has 0 unspecified atom stereocenters. The molecule has 1 fully saturated rings. The highest BCUT2D eigenvalue weighted by atomic mass is 19.1. The Morgan fingerprint density at radius 2 is 2.04 bits per heavy atom. The van der Waals surface area contributed by atoms with E-state index < -0.39 is 11.7 Å². The summed E-state index contributed by atoms with van der Waals surface area (Å²) in [6.45, 7) is 3.46. The van der Waals surface area contributed by atoms with E-state index in [0.29, 0.717) is 25.5 Å². The van der Waals surface area contributed by atoms with Gasteiger partial charge >= 0.3 is 6.09 Å². The third kappa shape index (κ3) is 5.18. The lowest BCUT2D eigenvalue weighted by Gasteiger charge is -2.32. The van der Waals surface area contributed by atoms with Gasteiger partial charge in [-0.15, -0.1) is 0 Å². The normalized spacial score (nSPS) is 14.4. The number of benzene rings is 1. The molecule has 1 aromatic carbocycles. The highest BCUT2D eigenvalue weighted by Gasteiger charge is 2.23. The van der Waals surface area contributed by atoms with Crippen LogP contribution >= 0.6 is 0 Å². The summed E-state index contributed by atoms with van der Waals surface area (Å²) in [7, 11) is 0. The first-order valence-corrected chi connectivity index (χ1v) is 9.26. The van der Waals surface area contributed by atoms with Crippen molar-refractivity contribution in [2.75, 3.05) is 30.3 Å². The maximum Gasteiger partial charge on any atom is 0.409 e. The second-order valence-electron chi connectivity index (χ2n) is 6.50. The average Bonchev–Trinajstić information content (AvgIpc) is 2.70. The fraction of sp³-hybridized carbons (Fsp3) is 0.350. The van der Waals surface area contributed by atoms with E-state index in [1.54, 1.807) is 24.1 Å². The number of nitrogens with zero attached hydrogens (tertiary/aromatic N) is 2. The molecule has 0 saturated carbocycles. The van der Waals surface area contributed by atoms with Crippen LogP contribution in [0.4, 0.5) is 20.7 Å². The first-order valence-electron chi connectivity index (χ1n) is 9.26. The van der Waals surface area contributed by atoms with Crippen LogP contribution in [0.3, 0.4) is 0 Å². The van der Waals surface area contributed by atoms with E-state index >= 15 is 0 Å². The Morgan fingerprint density at radius 1 is 1.25 bits per heavy atom. The van der Waals surface area contributed by atoms with Crippen LogP contribution in [-0.2, 0) is 4.74 Å². The van der Waals surface area contributed by atoms with Crippen LogP contribution in [-0.4, -0.2) is 47.6 Å². The molecule has 0 atom stereocenters. The molecule has 1 saturated heterocycles. The first kappa shape index (κ1) is 19.6. The lowest BCUT2D eigenvalue weighted by Crippen LogP contribution is -2.42. The van der Waals surface area contributed by atoms with Crippen LogP contribution in [0, 0.1) is 5.82 Å². The zero-order valence-corrected chi connectivity index (χ0v) is 15.7. The minimum Gasteiger partial charge on any atom is -0.450 e. The lowest BCUT2D eigenvalue weighted by molar-refractivity contribution is 0.0981. The molecule has 28 heavy (non-hydrogen) atoms. The molecular weight excluding hydrogens is 363 g/mol. The van der Waals surface area contributed by atoms with E-state index in [2.05, 4.69) is 15.6 Å². The standard InChI is InChI=1S/C20H23FN4O3/c1-2-28-20(27)25-10-8-16(9-11-25)23-17-6-7-18(22-13-17)24-19(26)14-4-3-5-15(21)12-14/h3-7,12-13,16,23H,2,8-11H2,1H3,(H,22,24,26). The zero-order chi connectivity index (χ0) is 19.9. The fourth-order valence-corrected chi connectivity index (χ4v) is 3.03. The molecule has 3 rings (SSSR count). The quantitative estimate of drug-likeness (QED) is 0.822. The van der Waals surface area contributed by atoms with Crippen LogP contribution in [0.25, 0.3) is 0 Å². The van der Waals surface area contributed by atoms with Gasteiger partial charge in [0.25, 0.3) is 5.91 Å². The number of amides is 2. The molecule has 7 nitrogen and oxygen atoms in total. The van der Waals surface area contributed by atoms with E-state index in [4.69, 9.17) is 4.74 Å². The van der Waals surface area contributed by atoms with Crippen molar-refractivity contribution in [3.05, 3.63) is 54.0 Å². The van der Waals surface area contributed by atoms with Crippen molar-refractivity contribution in [2.24, 2.45) is 0 Å². The molecule has 1 aromatic heterocycles. The molecule has 0 bridgehead atoms. The first-order chi connectivity index (χ1) is 13.5. The largest absolute Gasteiger partial charge is 0.450 e. The van der Waals surface area contributed by atoms with Gasteiger partial charge in [0.05, 0.1) is 18.5 Å². The van der Waals surface area contributed by atoms with Gasteiger partial charge in [-0.25, -0.2) is 14.2 Å². The van der Waals surface area contributed by atoms with Gasteiger partial charge in [0, 0.05) is 24.7 Å². The second-order valence-corrected chi connectivity index (χ2v) is 6.50. The summed E-state index contributed by atoms with van der Waals surface area (Å²) >= 11 is 0. The van der Waals surface area contributed by atoms with Gasteiger partial charge in [0.1, 0.15) is 11.6 Å². The number of carbonyl (C=O) groups is 2. The predicted octanol–water partition coefficient (Wildman–Crippen LogP) is 3.51. The average molecular weight is 386 g/mol. The number of hydrogen-bond donors (Lipinski definition) is 2. The topological polar surface area (TPSA) is 83.6 Å². The van der Waals surface area contributed by atoms with Gasteiger partial charge in [-0.2, -0.15) is 0 Å². The van der Waals surface area contributed by atoms with E-state index in [1.807, 2.05) is 6.07 Å². The summed E-state index contributed by atoms with van der Waals surface area (Å²) in [5, 5.41) is 6.03. The lowest BCUT2D eigenvalue weighted by atomic mass is 10.1. The van der Waals surface area contributed by atoms with Crippen LogP contribution in [0.2, 0.25) is 0 Å². The smallest absolute Gasteiger partial charge is 0.409 e. The van der Waals surface area contributed by atoms with Crippen molar-refractivity contribution in [3.8, 4) is 0 Å². The molecule has 2 aromatic rings. The third-order valence-electron chi connectivity index (χ3n) is 4.48. The minimum absolute atomic E-state index is 0.234. The van der Waals surface area contributed by atoms with E-state index in [-0.39, 0.29) is 17.7 Å². The highest BCUT2D eigenvalue weighted by molar-refractivity contribution is 6.03. The summed E-state index contributed by atoms with van der Waals surface area (Å²) in [5.74, 6) is -0.495. The number of halogens is 1. The number of likely N-dealkylation sites (tertiary alicyclic amines) is 1. The number of piperidine rings is 1. The van der Waals surface area contributed by atoms with Crippen LogP contribution in [0.1, 0.15) is 30.1 Å². The van der Waals surface area contributed by atoms with Gasteiger partial charge in [0.15, 0.2) is 0 Å². The Labute approximate surface area is 162 Å². The molecule has 0 aliphatic carbocycles. The van der Waals surface area contributed by atoms with Gasteiger partial charge in [-0.3, -0.25) is 4.79 Å². The molecule has 2 heterocycles. The third-order valence-corrected chi connectivity index (χ3v) is 4.48. The summed E-state index contributed by atoms with van der Waals surface area (Å²) in [6.07, 6.45) is 3.01. The van der Waals surface area contributed by atoms with Crippen molar-refractivity contribution in [1.82, 2.24) is 9.88 Å². The SMILES string of the molecule is CCOC(=O)N1CCC(Nc2ccc(NC(=O)c3cccc(F)c3)nc2)CC1. The minimum atomic E-state index is -0.464. The summed E-state index contributed by atoms with van der Waals surface area (Å²) in [4.78, 5) is 29.8. The van der Waals surface area contributed by atoms with Crippen molar-refractivity contribution in [2.45, 2.75) is 25.8 Å². The number of ether oxygens (including phenoxy) is 1. The Morgan fingerprint density at radius 3 is 2.68 bits per heavy atom. The molecule has 148 valence electrons. The maximum atomic E-state index is 13.2. The Kier molecular flexibility index (Phi) is 6.41. The Balaban J connectivity index is 1.50. The van der Waals surface area contributed by atoms with Gasteiger partial charge in [-0.05, 0) is 50.1 Å². The molecular formula is C20H23FN4O3. The predicted molar refractivity (Wildman–Crippen MR) is 104 cm³/mol. The Hall–Kier alpha value is -3.16. The number of aromatic nitrogens is 1. The van der Waals surface area contributed by atoms with Crippen molar-refractivity contribution in [1.29, 1.82) is 0 Å². The number of nitrogens with one attached hydrogen (secondary N) is 2. The van der Waals surface area contributed by atoms with Gasteiger partial charge < -0.3 is 20.3 Å².